The van der Waals surface area contributed by atoms with Gasteiger partial charge >= 0.3 is 12.1 Å². The quantitative estimate of drug-likeness (QED) is 0.478. The van der Waals surface area contributed by atoms with Gasteiger partial charge in [0.2, 0.25) is 5.91 Å². The Morgan fingerprint density at radius 2 is 1.74 bits per heavy atom. The molecule has 8 nitrogen and oxygen atoms in total. The van der Waals surface area contributed by atoms with E-state index in [-0.39, 0.29) is 43.4 Å². The van der Waals surface area contributed by atoms with Crippen molar-refractivity contribution in [3.8, 4) is 11.1 Å². The van der Waals surface area contributed by atoms with Crippen LogP contribution in [-0.2, 0) is 19.1 Å². The van der Waals surface area contributed by atoms with Crippen molar-refractivity contribution in [2.75, 3.05) is 19.8 Å². The molecule has 3 N–H and O–H groups in total. The lowest BCUT2D eigenvalue weighted by Gasteiger charge is -2.20. The van der Waals surface area contributed by atoms with Crippen LogP contribution in [0.1, 0.15) is 49.7 Å². The van der Waals surface area contributed by atoms with E-state index in [9.17, 15) is 19.5 Å². The van der Waals surface area contributed by atoms with Crippen molar-refractivity contribution < 1.29 is 29.0 Å². The van der Waals surface area contributed by atoms with Crippen molar-refractivity contribution in [2.45, 2.75) is 50.7 Å². The van der Waals surface area contributed by atoms with E-state index < -0.39 is 18.2 Å². The Kier molecular flexibility index (Phi) is 8.02. The normalized spacial score (nSPS) is 19.5. The summed E-state index contributed by atoms with van der Waals surface area (Å²) in [4.78, 5) is 36.4. The number of carboxylic acid groups (broad SMARTS) is 1. The molecule has 2 aromatic carbocycles. The lowest BCUT2D eigenvalue weighted by molar-refractivity contribution is -0.149. The average Bonchev–Trinajstić information content (AvgIpc) is 3.44. The van der Waals surface area contributed by atoms with Crippen LogP contribution in [0, 0.1) is 5.92 Å². The number of rotatable bonds is 10. The zero-order chi connectivity index (χ0) is 24.8. The molecule has 2 aromatic rings. The maximum absolute atomic E-state index is 12.6. The number of aliphatic carboxylic acids is 1. The standard InChI is InChI=1S/C27H32N2O6/c1-2-7-18(14-24(30)28-15-17-12-13-34-25(17)26(31)32)29-27(33)35-16-23-21-10-5-3-8-19(21)20-9-4-6-11-22(20)23/h3-6,8-11,17-18,23,25H,2,7,12-16H2,1H3,(H,28,30)(H,29,33)(H,31,32)/t17-,18-,25-/m0/s1. The van der Waals surface area contributed by atoms with Crippen LogP contribution in [0.5, 0.6) is 0 Å². The van der Waals surface area contributed by atoms with Crippen LogP contribution in [0.3, 0.4) is 0 Å². The van der Waals surface area contributed by atoms with E-state index >= 15 is 0 Å². The number of nitrogens with one attached hydrogen (secondary N) is 2. The van der Waals surface area contributed by atoms with Crippen LogP contribution in [0.2, 0.25) is 0 Å². The summed E-state index contributed by atoms with van der Waals surface area (Å²) in [7, 11) is 0. The molecule has 1 aliphatic heterocycles. The summed E-state index contributed by atoms with van der Waals surface area (Å²) in [5.74, 6) is -1.53. The van der Waals surface area contributed by atoms with Gasteiger partial charge in [-0.15, -0.1) is 0 Å². The van der Waals surface area contributed by atoms with E-state index in [2.05, 4.69) is 34.9 Å². The maximum atomic E-state index is 12.6. The monoisotopic (exact) mass is 480 g/mol. The molecular formula is C27H32N2O6. The molecule has 1 aliphatic carbocycles. The predicted molar refractivity (Wildman–Crippen MR) is 130 cm³/mol. The second-order valence-electron chi connectivity index (χ2n) is 9.14. The number of alkyl carbamates (subject to hydrolysis) is 1. The third kappa shape index (κ3) is 5.82. The largest absolute Gasteiger partial charge is 0.479 e. The predicted octanol–water partition coefficient (Wildman–Crippen LogP) is 3.69. The van der Waals surface area contributed by atoms with Crippen LogP contribution in [0.25, 0.3) is 11.1 Å². The highest BCUT2D eigenvalue weighted by atomic mass is 16.5. The van der Waals surface area contributed by atoms with Gasteiger partial charge in [0.1, 0.15) is 6.61 Å². The minimum absolute atomic E-state index is 0.0307. The molecule has 186 valence electrons. The number of hydrogen-bond acceptors (Lipinski definition) is 5. The van der Waals surface area contributed by atoms with Gasteiger partial charge in [-0.05, 0) is 35.1 Å². The highest BCUT2D eigenvalue weighted by molar-refractivity contribution is 5.80. The van der Waals surface area contributed by atoms with Gasteiger partial charge < -0.3 is 25.2 Å². The number of benzene rings is 2. The highest BCUT2D eigenvalue weighted by Gasteiger charge is 2.34. The molecular weight excluding hydrogens is 448 g/mol. The molecule has 8 heteroatoms. The smallest absolute Gasteiger partial charge is 0.407 e. The Morgan fingerprint density at radius 1 is 1.09 bits per heavy atom. The maximum Gasteiger partial charge on any atom is 0.407 e. The number of carboxylic acids is 1. The molecule has 2 aliphatic rings. The van der Waals surface area contributed by atoms with E-state index in [1.807, 2.05) is 31.2 Å². The summed E-state index contributed by atoms with van der Waals surface area (Å²) < 4.78 is 10.8. The molecule has 4 rings (SSSR count). The van der Waals surface area contributed by atoms with Crippen LogP contribution in [-0.4, -0.2) is 55.0 Å². The average molecular weight is 481 g/mol. The number of ether oxygens (including phenoxy) is 2. The summed E-state index contributed by atoms with van der Waals surface area (Å²) >= 11 is 0. The SMILES string of the molecule is CCC[C@@H](CC(=O)NC[C@@H]1CCO[C@@H]1C(=O)O)NC(=O)OCC1c2ccccc2-c2ccccc21. The van der Waals surface area contributed by atoms with Gasteiger partial charge in [-0.2, -0.15) is 0 Å². The van der Waals surface area contributed by atoms with Crippen LogP contribution < -0.4 is 10.6 Å². The van der Waals surface area contributed by atoms with Gasteiger partial charge in [0.15, 0.2) is 6.10 Å². The van der Waals surface area contributed by atoms with E-state index in [1.54, 1.807) is 0 Å². The van der Waals surface area contributed by atoms with Crippen molar-refractivity contribution >= 4 is 18.0 Å². The van der Waals surface area contributed by atoms with Crippen molar-refractivity contribution in [2.24, 2.45) is 5.92 Å². The minimum Gasteiger partial charge on any atom is -0.479 e. The van der Waals surface area contributed by atoms with E-state index in [4.69, 9.17) is 9.47 Å². The highest BCUT2D eigenvalue weighted by Crippen LogP contribution is 2.44. The third-order valence-corrected chi connectivity index (χ3v) is 6.75. The first kappa shape index (κ1) is 24.7. The van der Waals surface area contributed by atoms with Gasteiger partial charge in [-0.1, -0.05) is 61.9 Å². The van der Waals surface area contributed by atoms with Crippen molar-refractivity contribution in [3.63, 3.8) is 0 Å². The molecule has 0 aromatic heterocycles. The molecule has 3 atom stereocenters. The molecule has 35 heavy (non-hydrogen) atoms. The Bertz CT molecular complexity index is 1030. The van der Waals surface area contributed by atoms with Crippen molar-refractivity contribution in [1.82, 2.24) is 10.6 Å². The van der Waals surface area contributed by atoms with E-state index in [1.165, 1.54) is 0 Å². The van der Waals surface area contributed by atoms with E-state index in [0.29, 0.717) is 19.4 Å². The molecule has 1 heterocycles. The summed E-state index contributed by atoms with van der Waals surface area (Å²) in [6.45, 7) is 2.81. The summed E-state index contributed by atoms with van der Waals surface area (Å²) in [6.07, 6.45) is 0.673. The van der Waals surface area contributed by atoms with Gasteiger partial charge in [-0.3, -0.25) is 4.79 Å². The van der Waals surface area contributed by atoms with Gasteiger partial charge in [0.25, 0.3) is 0 Å². The first-order valence-electron chi connectivity index (χ1n) is 12.2. The fourth-order valence-electron chi connectivity index (χ4n) is 5.04. The number of hydrogen-bond donors (Lipinski definition) is 3. The van der Waals surface area contributed by atoms with Crippen LogP contribution in [0.15, 0.2) is 48.5 Å². The second kappa shape index (κ2) is 11.4. The third-order valence-electron chi connectivity index (χ3n) is 6.75. The first-order chi connectivity index (χ1) is 17.0. The molecule has 0 bridgehead atoms. The van der Waals surface area contributed by atoms with Gasteiger partial charge in [-0.25, -0.2) is 9.59 Å². The second-order valence-corrected chi connectivity index (χ2v) is 9.14. The zero-order valence-electron chi connectivity index (χ0n) is 19.9. The fourth-order valence-corrected chi connectivity index (χ4v) is 5.04. The molecule has 1 fully saturated rings. The molecule has 0 unspecified atom stereocenters. The zero-order valence-corrected chi connectivity index (χ0v) is 19.9. The lowest BCUT2D eigenvalue weighted by atomic mass is 9.98. The molecule has 0 spiro atoms. The fraction of sp³-hybridized carbons (Fsp3) is 0.444. The number of carbonyl (C=O) groups excluding carboxylic acids is 2. The van der Waals surface area contributed by atoms with Gasteiger partial charge in [0.05, 0.1) is 0 Å². The number of carbonyl (C=O) groups is 3. The number of amides is 2. The van der Waals surface area contributed by atoms with Gasteiger partial charge in [0, 0.05) is 37.5 Å². The Balaban J connectivity index is 1.29. The Morgan fingerprint density at radius 3 is 2.37 bits per heavy atom. The lowest BCUT2D eigenvalue weighted by Crippen LogP contribution is -2.41. The Labute approximate surface area is 205 Å². The van der Waals surface area contributed by atoms with Crippen molar-refractivity contribution in [1.29, 1.82) is 0 Å². The molecule has 0 saturated carbocycles. The van der Waals surface area contributed by atoms with E-state index in [0.717, 1.165) is 28.7 Å². The van der Waals surface area contributed by atoms with Crippen LogP contribution in [0.4, 0.5) is 4.79 Å². The number of fused-ring (bicyclic) bond motifs is 3. The molecule has 2 amide bonds. The first-order valence-corrected chi connectivity index (χ1v) is 12.2. The minimum atomic E-state index is -1.01. The van der Waals surface area contributed by atoms with Crippen molar-refractivity contribution in [3.05, 3.63) is 59.7 Å². The van der Waals surface area contributed by atoms with Crippen LogP contribution >= 0.6 is 0 Å². The summed E-state index contributed by atoms with van der Waals surface area (Å²) in [6, 6.07) is 15.9. The molecule has 0 radical (unpaired) electrons. The summed E-state index contributed by atoms with van der Waals surface area (Å²) in [5.41, 5.74) is 4.61. The molecule has 1 saturated heterocycles. The summed E-state index contributed by atoms with van der Waals surface area (Å²) in [5, 5.41) is 14.8. The topological polar surface area (TPSA) is 114 Å². The Hall–Kier alpha value is -3.39.